The van der Waals surface area contributed by atoms with Crippen LogP contribution in [0.15, 0.2) is 77.6 Å². The highest BCUT2D eigenvalue weighted by Crippen LogP contribution is 2.25. The number of para-hydroxylation sites is 1. The van der Waals surface area contributed by atoms with E-state index in [0.29, 0.717) is 18.8 Å². The summed E-state index contributed by atoms with van der Waals surface area (Å²) in [7, 11) is 0. The molecule has 4 nitrogen and oxygen atoms in total. The number of carbonyl (C=O) groups excluding carboxylic acids is 1. The standard InChI is InChI=1S/C19H17N3O/c23-19-17(13-15-7-3-1-4-8-15)20-18-11-12-21(14-22(18)19)16-9-5-2-6-10-16/h1-11H,12-14H2. The third-order valence-electron chi connectivity index (χ3n) is 4.16. The van der Waals surface area contributed by atoms with Gasteiger partial charge in [0.2, 0.25) is 0 Å². The minimum absolute atomic E-state index is 0.0146. The van der Waals surface area contributed by atoms with Crippen LogP contribution in [0.4, 0.5) is 5.69 Å². The van der Waals surface area contributed by atoms with Gasteiger partial charge < -0.3 is 4.90 Å². The Hall–Kier alpha value is -2.88. The van der Waals surface area contributed by atoms with Gasteiger partial charge >= 0.3 is 0 Å². The van der Waals surface area contributed by atoms with Crippen molar-refractivity contribution < 1.29 is 4.79 Å². The average molecular weight is 303 g/mol. The zero-order valence-electron chi connectivity index (χ0n) is 12.7. The van der Waals surface area contributed by atoms with Gasteiger partial charge in [0, 0.05) is 18.7 Å². The summed E-state index contributed by atoms with van der Waals surface area (Å²) in [6, 6.07) is 20.1. The lowest BCUT2D eigenvalue weighted by molar-refractivity contribution is -0.121. The predicted octanol–water partition coefficient (Wildman–Crippen LogP) is 2.83. The SMILES string of the molecule is O=C1C(Cc2ccccc2)=NC2=CCN(c3ccccc3)CN12. The van der Waals surface area contributed by atoms with Gasteiger partial charge in [-0.2, -0.15) is 0 Å². The van der Waals surface area contributed by atoms with Crippen molar-refractivity contribution in [3.05, 3.63) is 78.1 Å². The number of rotatable bonds is 3. The largest absolute Gasteiger partial charge is 0.349 e. The number of hydrogen-bond donors (Lipinski definition) is 0. The highest BCUT2D eigenvalue weighted by molar-refractivity contribution is 6.41. The molecule has 4 heteroatoms. The Kier molecular flexibility index (Phi) is 3.42. The van der Waals surface area contributed by atoms with E-state index in [-0.39, 0.29) is 5.91 Å². The molecule has 2 aliphatic heterocycles. The Morgan fingerprint density at radius 2 is 1.65 bits per heavy atom. The number of aliphatic imine (C=N–C) groups is 1. The van der Waals surface area contributed by atoms with Gasteiger partial charge in [-0.3, -0.25) is 9.69 Å². The van der Waals surface area contributed by atoms with Crippen molar-refractivity contribution in [1.29, 1.82) is 0 Å². The third-order valence-corrected chi connectivity index (χ3v) is 4.16. The zero-order chi connectivity index (χ0) is 15.6. The smallest absolute Gasteiger partial charge is 0.275 e. The molecule has 2 heterocycles. The van der Waals surface area contributed by atoms with Gasteiger partial charge in [-0.15, -0.1) is 0 Å². The molecular weight excluding hydrogens is 286 g/mol. The summed E-state index contributed by atoms with van der Waals surface area (Å²) >= 11 is 0. The maximum absolute atomic E-state index is 12.6. The summed E-state index contributed by atoms with van der Waals surface area (Å²) in [5.41, 5.74) is 2.85. The Bertz CT molecular complexity index is 781. The van der Waals surface area contributed by atoms with Crippen molar-refractivity contribution in [3.8, 4) is 0 Å². The molecule has 0 fully saturated rings. The Morgan fingerprint density at radius 3 is 2.39 bits per heavy atom. The lowest BCUT2D eigenvalue weighted by Crippen LogP contribution is -2.43. The number of hydrogen-bond acceptors (Lipinski definition) is 3. The van der Waals surface area contributed by atoms with Crippen LogP contribution >= 0.6 is 0 Å². The van der Waals surface area contributed by atoms with Crippen molar-refractivity contribution >= 4 is 17.3 Å². The summed E-state index contributed by atoms with van der Waals surface area (Å²) in [5, 5.41) is 0. The van der Waals surface area contributed by atoms with Gasteiger partial charge in [-0.25, -0.2) is 4.99 Å². The molecule has 4 rings (SSSR count). The molecule has 0 bridgehead atoms. The first-order valence-electron chi connectivity index (χ1n) is 7.75. The van der Waals surface area contributed by atoms with Gasteiger partial charge in [-0.05, 0) is 23.8 Å². The number of carbonyl (C=O) groups is 1. The third kappa shape index (κ3) is 2.63. The number of anilines is 1. The molecule has 2 aromatic rings. The first-order chi connectivity index (χ1) is 11.3. The second-order valence-corrected chi connectivity index (χ2v) is 5.72. The summed E-state index contributed by atoms with van der Waals surface area (Å²) in [6.07, 6.45) is 2.60. The van der Waals surface area contributed by atoms with Crippen molar-refractivity contribution in [2.75, 3.05) is 18.1 Å². The van der Waals surface area contributed by atoms with E-state index >= 15 is 0 Å². The van der Waals surface area contributed by atoms with E-state index in [1.54, 1.807) is 4.90 Å². The molecule has 0 radical (unpaired) electrons. The molecule has 0 unspecified atom stereocenters. The quantitative estimate of drug-likeness (QED) is 0.874. The molecule has 1 amide bonds. The molecule has 23 heavy (non-hydrogen) atoms. The molecule has 0 aliphatic carbocycles. The second-order valence-electron chi connectivity index (χ2n) is 5.72. The van der Waals surface area contributed by atoms with E-state index in [4.69, 9.17) is 0 Å². The highest BCUT2D eigenvalue weighted by Gasteiger charge is 2.33. The van der Waals surface area contributed by atoms with Crippen LogP contribution in [-0.2, 0) is 11.2 Å². The molecule has 0 atom stereocenters. The lowest BCUT2D eigenvalue weighted by atomic mass is 10.1. The summed E-state index contributed by atoms with van der Waals surface area (Å²) in [6.45, 7) is 1.32. The summed E-state index contributed by atoms with van der Waals surface area (Å²) in [4.78, 5) is 21.1. The minimum atomic E-state index is 0.0146. The van der Waals surface area contributed by atoms with Gasteiger partial charge in [0.1, 0.15) is 18.2 Å². The Labute approximate surface area is 135 Å². The van der Waals surface area contributed by atoms with E-state index in [1.165, 1.54) is 0 Å². The van der Waals surface area contributed by atoms with E-state index in [0.717, 1.165) is 23.6 Å². The molecular formula is C19H17N3O. The zero-order valence-corrected chi connectivity index (χ0v) is 12.7. The van der Waals surface area contributed by atoms with Crippen molar-refractivity contribution in [2.24, 2.45) is 4.99 Å². The molecule has 0 N–H and O–H groups in total. The monoisotopic (exact) mass is 303 g/mol. The number of amides is 1. The van der Waals surface area contributed by atoms with E-state index < -0.39 is 0 Å². The van der Waals surface area contributed by atoms with E-state index in [2.05, 4.69) is 22.0 Å². The molecule has 114 valence electrons. The number of fused-ring (bicyclic) bond motifs is 1. The van der Waals surface area contributed by atoms with Crippen molar-refractivity contribution in [1.82, 2.24) is 4.90 Å². The van der Waals surface area contributed by atoms with Crippen molar-refractivity contribution in [3.63, 3.8) is 0 Å². The van der Waals surface area contributed by atoms with Crippen LogP contribution in [0.25, 0.3) is 0 Å². The van der Waals surface area contributed by atoms with Crippen LogP contribution in [0.3, 0.4) is 0 Å². The molecule has 0 saturated heterocycles. The maximum atomic E-state index is 12.6. The van der Waals surface area contributed by atoms with Crippen LogP contribution in [0.2, 0.25) is 0 Å². The van der Waals surface area contributed by atoms with Gasteiger partial charge in [0.25, 0.3) is 5.91 Å². The van der Waals surface area contributed by atoms with E-state index in [9.17, 15) is 4.79 Å². The van der Waals surface area contributed by atoms with E-state index in [1.807, 2.05) is 54.6 Å². The van der Waals surface area contributed by atoms with Crippen LogP contribution in [-0.4, -0.2) is 29.7 Å². The first kappa shape index (κ1) is 13.8. The molecule has 0 aromatic heterocycles. The fourth-order valence-electron chi connectivity index (χ4n) is 2.95. The predicted molar refractivity (Wildman–Crippen MR) is 91.2 cm³/mol. The second kappa shape index (κ2) is 5.72. The molecule has 0 spiro atoms. The Balaban J connectivity index is 1.52. The molecule has 0 saturated carbocycles. The van der Waals surface area contributed by atoms with Gasteiger partial charge in [0.05, 0.1) is 0 Å². The topological polar surface area (TPSA) is 35.9 Å². The fourth-order valence-corrected chi connectivity index (χ4v) is 2.95. The average Bonchev–Trinajstić information content (AvgIpc) is 2.92. The van der Waals surface area contributed by atoms with Crippen LogP contribution < -0.4 is 4.90 Å². The molecule has 2 aliphatic rings. The first-order valence-corrected chi connectivity index (χ1v) is 7.75. The molecule has 2 aromatic carbocycles. The number of nitrogens with zero attached hydrogens (tertiary/aromatic N) is 3. The van der Waals surface area contributed by atoms with Gasteiger partial charge in [0.15, 0.2) is 0 Å². The highest BCUT2D eigenvalue weighted by atomic mass is 16.2. The van der Waals surface area contributed by atoms with Gasteiger partial charge in [-0.1, -0.05) is 48.5 Å². The fraction of sp³-hybridized carbons (Fsp3) is 0.158. The lowest BCUT2D eigenvalue weighted by Gasteiger charge is -2.32. The normalized spacial score (nSPS) is 17.0. The Morgan fingerprint density at radius 1 is 0.957 bits per heavy atom. The summed E-state index contributed by atoms with van der Waals surface area (Å²) in [5.74, 6) is 0.800. The van der Waals surface area contributed by atoms with Crippen LogP contribution in [0.1, 0.15) is 5.56 Å². The minimum Gasteiger partial charge on any atom is -0.349 e. The maximum Gasteiger partial charge on any atom is 0.275 e. The van der Waals surface area contributed by atoms with Crippen molar-refractivity contribution in [2.45, 2.75) is 6.42 Å². The summed E-state index contributed by atoms with van der Waals surface area (Å²) < 4.78 is 0. The van der Waals surface area contributed by atoms with Crippen LogP contribution in [0.5, 0.6) is 0 Å². The van der Waals surface area contributed by atoms with Crippen LogP contribution in [0, 0.1) is 0 Å². The number of benzene rings is 2.